The first-order valence-electron chi connectivity index (χ1n) is 10.1. The number of rotatable bonds is 13. The number of phenols is 2. The van der Waals surface area contributed by atoms with E-state index in [1.165, 1.54) is 63.5 Å². The minimum Gasteiger partial charge on any atom is -0.508 e. The average molecular weight is 379 g/mol. The van der Waals surface area contributed by atoms with Crippen molar-refractivity contribution in [1.82, 2.24) is 5.01 Å². The molecule has 1 aromatic carbocycles. The second-order valence-corrected chi connectivity index (χ2v) is 7.06. The lowest BCUT2D eigenvalue weighted by Gasteiger charge is -2.15. The van der Waals surface area contributed by atoms with Crippen molar-refractivity contribution in [1.29, 1.82) is 0 Å². The lowest BCUT2D eigenvalue weighted by molar-refractivity contribution is -0.129. The van der Waals surface area contributed by atoms with Gasteiger partial charge in [-0.3, -0.25) is 9.59 Å². The molecule has 4 N–H and O–H groups in total. The van der Waals surface area contributed by atoms with Crippen molar-refractivity contribution in [2.75, 3.05) is 0 Å². The molecule has 0 radical (unpaired) electrons. The smallest absolute Gasteiger partial charge is 0.278 e. The molecule has 0 saturated carbocycles. The lowest BCUT2D eigenvalue weighted by Crippen LogP contribution is -2.42. The predicted molar refractivity (Wildman–Crippen MR) is 106 cm³/mol. The Balaban J connectivity index is 2.16. The first-order valence-corrected chi connectivity index (χ1v) is 10.1. The maximum absolute atomic E-state index is 12.2. The molecule has 0 heterocycles. The van der Waals surface area contributed by atoms with Crippen LogP contribution in [-0.2, 0) is 4.79 Å². The Morgan fingerprint density at radius 3 is 1.93 bits per heavy atom. The molecule has 0 aliphatic carbocycles. The van der Waals surface area contributed by atoms with Gasteiger partial charge >= 0.3 is 0 Å². The van der Waals surface area contributed by atoms with Crippen molar-refractivity contribution < 1.29 is 19.8 Å². The molecule has 1 rings (SSSR count). The number of phenolic OH excluding ortho intramolecular Hbond substituents is 2. The third-order valence-corrected chi connectivity index (χ3v) is 4.69. The van der Waals surface area contributed by atoms with Crippen LogP contribution in [0, 0.1) is 0 Å². The molecule has 0 aromatic heterocycles. The zero-order chi connectivity index (χ0) is 20.1. The number of unbranched alkanes of at least 4 members (excludes halogenated alkanes) is 10. The Morgan fingerprint density at radius 2 is 1.41 bits per heavy atom. The van der Waals surface area contributed by atoms with Crippen LogP contribution in [0.4, 0.5) is 0 Å². The number of aromatic hydroxyl groups is 2. The largest absolute Gasteiger partial charge is 0.508 e. The monoisotopic (exact) mass is 378 g/mol. The third-order valence-electron chi connectivity index (χ3n) is 4.69. The van der Waals surface area contributed by atoms with E-state index in [1.54, 1.807) is 0 Å². The summed E-state index contributed by atoms with van der Waals surface area (Å²) in [5, 5.41) is 19.5. The minimum atomic E-state index is -0.777. The van der Waals surface area contributed by atoms with Crippen LogP contribution in [0.2, 0.25) is 0 Å². The molecular formula is C21H34N2O4. The van der Waals surface area contributed by atoms with Crippen molar-refractivity contribution in [3.05, 3.63) is 23.8 Å². The van der Waals surface area contributed by atoms with Crippen LogP contribution in [0.3, 0.4) is 0 Å². The summed E-state index contributed by atoms with van der Waals surface area (Å²) in [7, 11) is 0. The van der Waals surface area contributed by atoms with Gasteiger partial charge in [-0.05, 0) is 18.6 Å². The summed E-state index contributed by atoms with van der Waals surface area (Å²) in [6, 6.07) is 3.53. The highest BCUT2D eigenvalue weighted by molar-refractivity contribution is 6.05. The van der Waals surface area contributed by atoms with Crippen LogP contribution in [0.15, 0.2) is 18.2 Å². The van der Waals surface area contributed by atoms with Crippen molar-refractivity contribution in [2.24, 2.45) is 5.84 Å². The Morgan fingerprint density at radius 1 is 0.889 bits per heavy atom. The van der Waals surface area contributed by atoms with Crippen LogP contribution in [0.1, 0.15) is 94.3 Å². The van der Waals surface area contributed by atoms with Gasteiger partial charge < -0.3 is 10.2 Å². The molecule has 0 unspecified atom stereocenters. The standard InChI is InChI=1S/C21H34N2O4/c1-2-3-4-5-6-7-8-9-10-11-12-13-20(26)23(22)21(27)18-15-14-17(24)16-19(18)25/h14-16,24-25H,2-13,22H2,1H3. The minimum absolute atomic E-state index is 0.109. The number of imide groups is 1. The van der Waals surface area contributed by atoms with Crippen molar-refractivity contribution in [3.63, 3.8) is 0 Å². The van der Waals surface area contributed by atoms with Gasteiger partial charge in [-0.1, -0.05) is 71.1 Å². The summed E-state index contributed by atoms with van der Waals surface area (Å²) in [5.74, 6) is 3.77. The average Bonchev–Trinajstić information content (AvgIpc) is 2.64. The van der Waals surface area contributed by atoms with E-state index < -0.39 is 17.6 Å². The van der Waals surface area contributed by atoms with Crippen LogP contribution < -0.4 is 5.84 Å². The van der Waals surface area contributed by atoms with E-state index in [9.17, 15) is 19.8 Å². The van der Waals surface area contributed by atoms with E-state index >= 15 is 0 Å². The predicted octanol–water partition coefficient (Wildman–Crippen LogP) is 4.64. The van der Waals surface area contributed by atoms with Crippen molar-refractivity contribution in [3.8, 4) is 11.5 Å². The number of carbonyl (C=O) groups excluding carboxylic acids is 2. The highest BCUT2D eigenvalue weighted by Gasteiger charge is 2.21. The maximum atomic E-state index is 12.2. The molecule has 0 fully saturated rings. The third kappa shape index (κ3) is 8.91. The fourth-order valence-corrected chi connectivity index (χ4v) is 3.00. The number of hydrogen-bond donors (Lipinski definition) is 3. The first kappa shape index (κ1) is 23.0. The van der Waals surface area contributed by atoms with Gasteiger partial charge in [0, 0.05) is 12.5 Å². The fourth-order valence-electron chi connectivity index (χ4n) is 3.00. The number of nitrogens with two attached hydrogens (primary N) is 1. The normalized spacial score (nSPS) is 10.7. The van der Waals surface area contributed by atoms with Gasteiger partial charge in [0.15, 0.2) is 0 Å². The Hall–Kier alpha value is -2.08. The van der Waals surface area contributed by atoms with Crippen LogP contribution in [0.25, 0.3) is 0 Å². The fraction of sp³-hybridized carbons (Fsp3) is 0.619. The summed E-state index contributed by atoms with van der Waals surface area (Å²) in [5.41, 5.74) is -0.109. The first-order chi connectivity index (χ1) is 13.0. The molecule has 2 amide bonds. The van der Waals surface area contributed by atoms with Crippen LogP contribution in [-0.4, -0.2) is 27.0 Å². The Kier molecular flexibility index (Phi) is 11.2. The molecule has 1 aromatic rings. The van der Waals surface area contributed by atoms with Gasteiger partial charge in [-0.25, -0.2) is 10.9 Å². The molecule has 27 heavy (non-hydrogen) atoms. The summed E-state index contributed by atoms with van der Waals surface area (Å²) < 4.78 is 0. The van der Waals surface area contributed by atoms with E-state index in [0.717, 1.165) is 18.9 Å². The van der Waals surface area contributed by atoms with Gasteiger partial charge in [-0.15, -0.1) is 0 Å². The number of nitrogens with zero attached hydrogens (tertiary/aromatic N) is 1. The van der Waals surface area contributed by atoms with Gasteiger partial charge in [-0.2, -0.15) is 0 Å². The van der Waals surface area contributed by atoms with Crippen molar-refractivity contribution >= 4 is 11.8 Å². The number of hydrazine groups is 1. The summed E-state index contributed by atoms with van der Waals surface area (Å²) in [6.45, 7) is 2.22. The maximum Gasteiger partial charge on any atom is 0.278 e. The second kappa shape index (κ2) is 13.1. The van der Waals surface area contributed by atoms with E-state index in [1.807, 2.05) is 0 Å². The zero-order valence-electron chi connectivity index (χ0n) is 16.5. The number of carbonyl (C=O) groups is 2. The molecule has 152 valence electrons. The molecule has 0 atom stereocenters. The second-order valence-electron chi connectivity index (χ2n) is 7.06. The Labute approximate surface area is 162 Å². The van der Waals surface area contributed by atoms with Crippen LogP contribution >= 0.6 is 0 Å². The highest BCUT2D eigenvalue weighted by Crippen LogP contribution is 2.23. The summed E-state index contributed by atoms with van der Waals surface area (Å²) >= 11 is 0. The number of hydrogen-bond acceptors (Lipinski definition) is 5. The van der Waals surface area contributed by atoms with Gasteiger partial charge in [0.25, 0.3) is 5.91 Å². The molecule has 0 spiro atoms. The zero-order valence-corrected chi connectivity index (χ0v) is 16.5. The van der Waals surface area contributed by atoms with E-state index in [4.69, 9.17) is 5.84 Å². The van der Waals surface area contributed by atoms with Crippen LogP contribution in [0.5, 0.6) is 11.5 Å². The molecule has 6 heteroatoms. The summed E-state index contributed by atoms with van der Waals surface area (Å²) in [6.07, 6.45) is 13.2. The topological polar surface area (TPSA) is 104 Å². The van der Waals surface area contributed by atoms with E-state index in [2.05, 4.69) is 6.92 Å². The van der Waals surface area contributed by atoms with Crippen molar-refractivity contribution in [2.45, 2.75) is 84.0 Å². The number of benzene rings is 1. The van der Waals surface area contributed by atoms with E-state index in [-0.39, 0.29) is 17.7 Å². The lowest BCUT2D eigenvalue weighted by atomic mass is 10.1. The van der Waals surface area contributed by atoms with Gasteiger partial charge in [0.05, 0.1) is 5.56 Å². The molecule has 6 nitrogen and oxygen atoms in total. The van der Waals surface area contributed by atoms with Gasteiger partial charge in [0.2, 0.25) is 5.91 Å². The van der Waals surface area contributed by atoms with E-state index in [0.29, 0.717) is 11.4 Å². The molecule has 0 bridgehead atoms. The molecule has 0 aliphatic rings. The number of amides is 2. The summed E-state index contributed by atoms with van der Waals surface area (Å²) in [4.78, 5) is 24.2. The quantitative estimate of drug-likeness (QED) is 0.201. The Bertz CT molecular complexity index is 590. The molecule has 0 aliphatic heterocycles. The molecular weight excluding hydrogens is 344 g/mol. The van der Waals surface area contributed by atoms with Gasteiger partial charge in [0.1, 0.15) is 11.5 Å². The highest BCUT2D eigenvalue weighted by atomic mass is 16.3. The molecule has 0 saturated heterocycles. The SMILES string of the molecule is CCCCCCCCCCCCCC(=O)N(N)C(=O)c1ccc(O)cc1O.